The van der Waals surface area contributed by atoms with Crippen LogP contribution < -0.4 is 21.7 Å². The van der Waals surface area contributed by atoms with Gasteiger partial charge in [0.1, 0.15) is 0 Å². The molecule has 5 N–H and O–H groups in total. The van der Waals surface area contributed by atoms with Crippen molar-refractivity contribution in [1.82, 2.24) is 30.9 Å². The molecule has 3 amide bonds. The number of rotatable bonds is 5. The van der Waals surface area contributed by atoms with Gasteiger partial charge in [-0.05, 0) is 25.9 Å². The van der Waals surface area contributed by atoms with Gasteiger partial charge >= 0.3 is 6.03 Å². The summed E-state index contributed by atoms with van der Waals surface area (Å²) in [5, 5.41) is 16.2. The minimum absolute atomic E-state index is 0.280. The number of aromatic nitrogens is 3. The second kappa shape index (κ2) is 6.85. The van der Waals surface area contributed by atoms with Gasteiger partial charge in [0.15, 0.2) is 5.69 Å². The Hall–Kier alpha value is -2.16. The molecule has 0 atom stereocenters. The van der Waals surface area contributed by atoms with Gasteiger partial charge in [-0.15, -0.1) is 5.10 Å². The number of nitrogens with one attached hydrogen (secondary N) is 3. The van der Waals surface area contributed by atoms with E-state index >= 15 is 0 Å². The molecule has 0 aliphatic carbocycles. The van der Waals surface area contributed by atoms with Gasteiger partial charge in [0.25, 0.3) is 5.91 Å². The van der Waals surface area contributed by atoms with Crippen LogP contribution in [0.25, 0.3) is 0 Å². The van der Waals surface area contributed by atoms with Gasteiger partial charge in [0.2, 0.25) is 0 Å². The molecular formula is C11H19N7O2. The Labute approximate surface area is 116 Å². The minimum atomic E-state index is -0.615. The number of carbonyl (C=O) groups excluding carboxylic acids is 2. The first-order chi connectivity index (χ1) is 9.66. The fourth-order valence-electron chi connectivity index (χ4n) is 2.08. The molecule has 110 valence electrons. The van der Waals surface area contributed by atoms with Crippen LogP contribution in [0.4, 0.5) is 4.79 Å². The fourth-order valence-corrected chi connectivity index (χ4v) is 2.08. The van der Waals surface area contributed by atoms with E-state index in [1.807, 2.05) is 0 Å². The van der Waals surface area contributed by atoms with Crippen molar-refractivity contribution in [3.05, 3.63) is 11.9 Å². The zero-order valence-corrected chi connectivity index (χ0v) is 11.1. The molecule has 1 aliphatic heterocycles. The van der Waals surface area contributed by atoms with E-state index in [1.165, 1.54) is 0 Å². The lowest BCUT2D eigenvalue weighted by atomic mass is 10.1. The molecule has 0 spiro atoms. The molecule has 9 heteroatoms. The standard InChI is InChI=1S/C11H19N7O2/c12-11(20)15-6-5-14-10(19)9-7-18(17-16-9)8-1-3-13-4-2-8/h7-8,13H,1-6H2,(H,14,19)(H3,12,15,20). The van der Waals surface area contributed by atoms with Crippen LogP contribution in [0.2, 0.25) is 0 Å². The third-order valence-corrected chi connectivity index (χ3v) is 3.14. The van der Waals surface area contributed by atoms with Crippen molar-refractivity contribution in [3.8, 4) is 0 Å². The van der Waals surface area contributed by atoms with Crippen LogP contribution in [-0.4, -0.2) is 53.1 Å². The van der Waals surface area contributed by atoms with Crippen molar-refractivity contribution in [2.24, 2.45) is 5.73 Å². The monoisotopic (exact) mass is 281 g/mol. The first-order valence-electron chi connectivity index (χ1n) is 6.61. The highest BCUT2D eigenvalue weighted by Crippen LogP contribution is 2.16. The molecule has 1 saturated heterocycles. The van der Waals surface area contributed by atoms with Crippen LogP contribution in [0.1, 0.15) is 29.4 Å². The predicted molar refractivity (Wildman–Crippen MR) is 71.1 cm³/mol. The van der Waals surface area contributed by atoms with Crippen LogP contribution >= 0.6 is 0 Å². The van der Waals surface area contributed by atoms with Gasteiger partial charge in [0.05, 0.1) is 12.2 Å². The Bertz CT molecular complexity index is 467. The lowest BCUT2D eigenvalue weighted by Crippen LogP contribution is -2.37. The number of carbonyl (C=O) groups is 2. The van der Waals surface area contributed by atoms with E-state index in [0.717, 1.165) is 25.9 Å². The van der Waals surface area contributed by atoms with Crippen LogP contribution in [0.15, 0.2) is 6.20 Å². The number of nitrogens with two attached hydrogens (primary N) is 1. The number of urea groups is 1. The SMILES string of the molecule is NC(=O)NCCNC(=O)c1cn(C2CCNCC2)nn1. The molecular weight excluding hydrogens is 262 g/mol. The lowest BCUT2D eigenvalue weighted by molar-refractivity contribution is 0.0949. The summed E-state index contributed by atoms with van der Waals surface area (Å²) in [4.78, 5) is 22.3. The van der Waals surface area contributed by atoms with E-state index in [-0.39, 0.29) is 18.1 Å². The molecule has 0 unspecified atom stereocenters. The number of piperidine rings is 1. The molecule has 1 aliphatic rings. The minimum Gasteiger partial charge on any atom is -0.352 e. The van der Waals surface area contributed by atoms with Gasteiger partial charge < -0.3 is 21.7 Å². The van der Waals surface area contributed by atoms with E-state index in [1.54, 1.807) is 10.9 Å². The summed E-state index contributed by atoms with van der Waals surface area (Å²) in [7, 11) is 0. The molecule has 1 fully saturated rings. The molecule has 2 rings (SSSR count). The van der Waals surface area contributed by atoms with Crippen molar-refractivity contribution >= 4 is 11.9 Å². The number of hydrogen-bond acceptors (Lipinski definition) is 5. The van der Waals surface area contributed by atoms with Gasteiger partial charge in [-0.3, -0.25) is 4.79 Å². The quantitative estimate of drug-likeness (QED) is 0.494. The second-order valence-electron chi connectivity index (χ2n) is 4.61. The number of nitrogens with zero attached hydrogens (tertiary/aromatic N) is 3. The molecule has 0 radical (unpaired) electrons. The maximum absolute atomic E-state index is 11.8. The third kappa shape index (κ3) is 3.92. The number of amides is 3. The first kappa shape index (κ1) is 14.3. The summed E-state index contributed by atoms with van der Waals surface area (Å²) in [6, 6.07) is -0.321. The van der Waals surface area contributed by atoms with Gasteiger partial charge in [-0.1, -0.05) is 5.21 Å². The first-order valence-corrected chi connectivity index (χ1v) is 6.61. The average Bonchev–Trinajstić information content (AvgIpc) is 2.94. The highest BCUT2D eigenvalue weighted by atomic mass is 16.2. The summed E-state index contributed by atoms with van der Waals surface area (Å²) in [5.41, 5.74) is 5.19. The zero-order chi connectivity index (χ0) is 14.4. The Balaban J connectivity index is 1.81. The Kier molecular flexibility index (Phi) is 4.88. The van der Waals surface area contributed by atoms with Gasteiger partial charge in [0, 0.05) is 13.1 Å². The normalized spacial score (nSPS) is 15.8. The second-order valence-corrected chi connectivity index (χ2v) is 4.61. The van der Waals surface area contributed by atoms with Crippen molar-refractivity contribution in [2.45, 2.75) is 18.9 Å². The van der Waals surface area contributed by atoms with Crippen LogP contribution in [-0.2, 0) is 0 Å². The molecule has 1 aromatic heterocycles. The summed E-state index contributed by atoms with van der Waals surface area (Å²) in [5.74, 6) is -0.309. The third-order valence-electron chi connectivity index (χ3n) is 3.14. The van der Waals surface area contributed by atoms with Gasteiger partial charge in [-0.2, -0.15) is 0 Å². The molecule has 1 aromatic rings. The largest absolute Gasteiger partial charge is 0.352 e. The van der Waals surface area contributed by atoms with E-state index in [4.69, 9.17) is 5.73 Å². The molecule has 9 nitrogen and oxygen atoms in total. The smallest absolute Gasteiger partial charge is 0.312 e. The highest BCUT2D eigenvalue weighted by molar-refractivity contribution is 5.91. The van der Waals surface area contributed by atoms with Crippen molar-refractivity contribution in [2.75, 3.05) is 26.2 Å². The van der Waals surface area contributed by atoms with Crippen LogP contribution in [0.5, 0.6) is 0 Å². The molecule has 0 aromatic carbocycles. The highest BCUT2D eigenvalue weighted by Gasteiger charge is 2.18. The van der Waals surface area contributed by atoms with Gasteiger partial charge in [-0.25, -0.2) is 9.48 Å². The maximum Gasteiger partial charge on any atom is 0.312 e. The van der Waals surface area contributed by atoms with E-state index in [2.05, 4.69) is 26.3 Å². The Morgan fingerprint density at radius 2 is 2.05 bits per heavy atom. The molecule has 2 heterocycles. The fraction of sp³-hybridized carbons (Fsp3) is 0.636. The van der Waals surface area contributed by atoms with Crippen LogP contribution in [0.3, 0.4) is 0 Å². The number of hydrogen-bond donors (Lipinski definition) is 4. The summed E-state index contributed by atoms with van der Waals surface area (Å²) >= 11 is 0. The van der Waals surface area contributed by atoms with Crippen molar-refractivity contribution < 1.29 is 9.59 Å². The Morgan fingerprint density at radius 1 is 1.35 bits per heavy atom. The van der Waals surface area contributed by atoms with E-state index in [9.17, 15) is 9.59 Å². The lowest BCUT2D eigenvalue weighted by Gasteiger charge is -2.22. The van der Waals surface area contributed by atoms with Crippen molar-refractivity contribution in [3.63, 3.8) is 0 Å². The maximum atomic E-state index is 11.8. The molecule has 0 bridgehead atoms. The summed E-state index contributed by atoms with van der Waals surface area (Å²) < 4.78 is 1.75. The molecule has 0 saturated carbocycles. The van der Waals surface area contributed by atoms with Crippen molar-refractivity contribution in [1.29, 1.82) is 0 Å². The van der Waals surface area contributed by atoms with E-state index in [0.29, 0.717) is 12.6 Å². The summed E-state index contributed by atoms with van der Waals surface area (Å²) in [6.07, 6.45) is 3.62. The van der Waals surface area contributed by atoms with Crippen LogP contribution in [0, 0.1) is 0 Å². The topological polar surface area (TPSA) is 127 Å². The predicted octanol–water partition coefficient (Wildman–Crippen LogP) is -1.40. The number of primary amides is 1. The molecule has 20 heavy (non-hydrogen) atoms. The van der Waals surface area contributed by atoms with E-state index < -0.39 is 6.03 Å². The summed E-state index contributed by atoms with van der Waals surface area (Å²) in [6.45, 7) is 2.47. The Morgan fingerprint density at radius 3 is 2.75 bits per heavy atom. The zero-order valence-electron chi connectivity index (χ0n) is 11.1. The average molecular weight is 281 g/mol.